The Morgan fingerprint density at radius 1 is 1.10 bits per heavy atom. The van der Waals surface area contributed by atoms with Crippen molar-refractivity contribution < 1.29 is 0 Å². The number of aromatic nitrogens is 4. The van der Waals surface area contributed by atoms with E-state index in [9.17, 15) is 0 Å². The Labute approximate surface area is 116 Å². The molecule has 0 spiro atoms. The van der Waals surface area contributed by atoms with Crippen LogP contribution in [0.3, 0.4) is 0 Å². The molecule has 0 saturated heterocycles. The lowest BCUT2D eigenvalue weighted by Crippen LogP contribution is -1.95. The molecule has 5 heteroatoms. The molecule has 0 saturated carbocycles. The first-order valence-corrected chi connectivity index (χ1v) is 6.28. The number of hydrogen-bond acceptors (Lipinski definition) is 4. The van der Waals surface area contributed by atoms with E-state index in [0.717, 1.165) is 33.8 Å². The van der Waals surface area contributed by atoms with Crippen molar-refractivity contribution in [3.8, 4) is 17.3 Å². The number of nitriles is 1. The maximum absolute atomic E-state index is 8.95. The van der Waals surface area contributed by atoms with Gasteiger partial charge in [-0.1, -0.05) is 6.07 Å². The molecule has 3 rings (SSSR count). The lowest BCUT2D eigenvalue weighted by Gasteiger charge is -2.03. The van der Waals surface area contributed by atoms with Gasteiger partial charge in [0.05, 0.1) is 16.7 Å². The van der Waals surface area contributed by atoms with Crippen molar-refractivity contribution in [3.05, 3.63) is 41.6 Å². The summed E-state index contributed by atoms with van der Waals surface area (Å²) in [6.07, 6.45) is 0. The number of rotatable bonds is 1. The lowest BCUT2D eigenvalue weighted by atomic mass is 10.1. The summed E-state index contributed by atoms with van der Waals surface area (Å²) in [5.41, 5.74) is 4.48. The van der Waals surface area contributed by atoms with Gasteiger partial charge < -0.3 is 4.57 Å². The first kappa shape index (κ1) is 12.3. The van der Waals surface area contributed by atoms with Gasteiger partial charge in [-0.05, 0) is 32.0 Å². The summed E-state index contributed by atoms with van der Waals surface area (Å²) >= 11 is 0. The summed E-state index contributed by atoms with van der Waals surface area (Å²) in [5.74, 6) is 1.16. The zero-order valence-corrected chi connectivity index (χ0v) is 11.5. The van der Waals surface area contributed by atoms with Crippen LogP contribution < -0.4 is 0 Å². The Kier molecular flexibility index (Phi) is 2.72. The molecule has 0 bridgehead atoms. The smallest absolute Gasteiger partial charge is 0.232 e. The number of benzene rings is 1. The van der Waals surface area contributed by atoms with Crippen molar-refractivity contribution >= 4 is 11.0 Å². The van der Waals surface area contributed by atoms with Crippen LogP contribution >= 0.6 is 0 Å². The number of aryl methyl sites for hydroxylation is 3. The molecule has 0 aliphatic carbocycles. The quantitative estimate of drug-likeness (QED) is 0.676. The molecule has 98 valence electrons. The van der Waals surface area contributed by atoms with E-state index in [0.29, 0.717) is 0 Å². The fourth-order valence-corrected chi connectivity index (χ4v) is 2.25. The summed E-state index contributed by atoms with van der Waals surface area (Å²) in [6.45, 7) is 3.83. The topological polar surface area (TPSA) is 67.4 Å². The maximum atomic E-state index is 8.95. The summed E-state index contributed by atoms with van der Waals surface area (Å²) in [7, 11) is 1.99. The summed E-state index contributed by atoms with van der Waals surface area (Å²) in [5, 5.41) is 8.95. The van der Waals surface area contributed by atoms with E-state index < -0.39 is 0 Å². The number of fused-ring (bicyclic) bond motifs is 1. The minimum Gasteiger partial charge on any atom is -0.331 e. The Bertz CT molecular complexity index is 855. The van der Waals surface area contributed by atoms with Gasteiger partial charge in [0.1, 0.15) is 11.9 Å². The van der Waals surface area contributed by atoms with E-state index in [4.69, 9.17) is 5.26 Å². The molecule has 5 nitrogen and oxygen atoms in total. The summed E-state index contributed by atoms with van der Waals surface area (Å²) in [6, 6.07) is 9.86. The van der Waals surface area contributed by atoms with Crippen LogP contribution in [0.25, 0.3) is 22.3 Å². The Morgan fingerprint density at radius 2 is 1.90 bits per heavy atom. The zero-order chi connectivity index (χ0) is 14.3. The molecule has 2 aromatic heterocycles. The third-order valence-electron chi connectivity index (χ3n) is 3.35. The zero-order valence-electron chi connectivity index (χ0n) is 11.5. The molecule has 0 aliphatic rings. The predicted molar refractivity (Wildman–Crippen MR) is 75.9 cm³/mol. The Morgan fingerprint density at radius 3 is 2.65 bits per heavy atom. The molecule has 0 amide bonds. The number of imidazole rings is 1. The summed E-state index contributed by atoms with van der Waals surface area (Å²) < 4.78 is 2.05. The highest BCUT2D eigenvalue weighted by atomic mass is 15.0. The number of nitrogens with zero attached hydrogens (tertiary/aromatic N) is 5. The van der Waals surface area contributed by atoms with Crippen LogP contribution in [0.15, 0.2) is 24.3 Å². The average Bonchev–Trinajstić information content (AvgIpc) is 2.73. The molecule has 1 aromatic carbocycles. The molecule has 2 heterocycles. The monoisotopic (exact) mass is 263 g/mol. The van der Waals surface area contributed by atoms with Crippen molar-refractivity contribution in [2.75, 3.05) is 0 Å². The Balaban J connectivity index is 2.20. The predicted octanol–water partition coefficient (Wildman–Crippen LogP) is 2.52. The van der Waals surface area contributed by atoms with Crippen LogP contribution in [0.2, 0.25) is 0 Å². The average molecular weight is 263 g/mol. The standard InChI is InChI=1S/C15H13N5/c1-9-6-12(19-15(8-16)17-9)11-4-5-14-13(7-11)18-10(2)20(14)3/h4-7H,1-3H3. The molecule has 0 aliphatic heterocycles. The van der Waals surface area contributed by atoms with E-state index in [-0.39, 0.29) is 5.82 Å². The van der Waals surface area contributed by atoms with Gasteiger partial charge in [-0.2, -0.15) is 5.26 Å². The molecular formula is C15H13N5. The van der Waals surface area contributed by atoms with E-state index in [1.54, 1.807) is 0 Å². The lowest BCUT2D eigenvalue weighted by molar-refractivity contribution is 0.886. The SMILES string of the molecule is Cc1cc(-c2ccc3c(c2)nc(C)n3C)nc(C#N)n1. The van der Waals surface area contributed by atoms with Crippen molar-refractivity contribution in [3.63, 3.8) is 0 Å². The van der Waals surface area contributed by atoms with E-state index >= 15 is 0 Å². The van der Waals surface area contributed by atoms with Gasteiger partial charge in [0.15, 0.2) is 0 Å². The molecule has 0 fully saturated rings. The minimum atomic E-state index is 0.192. The third-order valence-corrected chi connectivity index (χ3v) is 3.35. The van der Waals surface area contributed by atoms with Crippen LogP contribution in [0.1, 0.15) is 17.3 Å². The molecule has 20 heavy (non-hydrogen) atoms. The first-order valence-electron chi connectivity index (χ1n) is 6.28. The third kappa shape index (κ3) is 1.91. The molecule has 0 unspecified atom stereocenters. The first-order chi connectivity index (χ1) is 9.58. The molecular weight excluding hydrogens is 250 g/mol. The van der Waals surface area contributed by atoms with Gasteiger partial charge in [-0.3, -0.25) is 0 Å². The van der Waals surface area contributed by atoms with E-state index in [1.807, 2.05) is 55.8 Å². The molecule has 0 N–H and O–H groups in total. The van der Waals surface area contributed by atoms with Crippen molar-refractivity contribution in [1.82, 2.24) is 19.5 Å². The van der Waals surface area contributed by atoms with Crippen LogP contribution in [-0.2, 0) is 7.05 Å². The molecule has 0 radical (unpaired) electrons. The van der Waals surface area contributed by atoms with E-state index in [1.165, 1.54) is 0 Å². The van der Waals surface area contributed by atoms with Gasteiger partial charge in [0.2, 0.25) is 5.82 Å². The normalized spacial score (nSPS) is 10.7. The van der Waals surface area contributed by atoms with Crippen LogP contribution in [0.4, 0.5) is 0 Å². The van der Waals surface area contributed by atoms with Gasteiger partial charge >= 0.3 is 0 Å². The highest BCUT2D eigenvalue weighted by molar-refractivity contribution is 5.81. The van der Waals surface area contributed by atoms with Crippen LogP contribution in [-0.4, -0.2) is 19.5 Å². The fraction of sp³-hybridized carbons (Fsp3) is 0.200. The Hall–Kier alpha value is -2.74. The second-order valence-corrected chi connectivity index (χ2v) is 4.75. The second kappa shape index (κ2) is 4.42. The van der Waals surface area contributed by atoms with Gasteiger partial charge in [-0.15, -0.1) is 0 Å². The molecule has 3 aromatic rings. The largest absolute Gasteiger partial charge is 0.331 e. The van der Waals surface area contributed by atoms with Crippen molar-refractivity contribution in [2.45, 2.75) is 13.8 Å². The van der Waals surface area contributed by atoms with Gasteiger partial charge in [0, 0.05) is 18.3 Å². The second-order valence-electron chi connectivity index (χ2n) is 4.75. The van der Waals surface area contributed by atoms with E-state index in [2.05, 4.69) is 15.0 Å². The van der Waals surface area contributed by atoms with Crippen LogP contribution in [0, 0.1) is 25.2 Å². The van der Waals surface area contributed by atoms with Gasteiger partial charge in [0.25, 0.3) is 0 Å². The van der Waals surface area contributed by atoms with Crippen molar-refractivity contribution in [1.29, 1.82) is 5.26 Å². The minimum absolute atomic E-state index is 0.192. The summed E-state index contributed by atoms with van der Waals surface area (Å²) in [4.78, 5) is 12.8. The number of hydrogen-bond donors (Lipinski definition) is 0. The highest BCUT2D eigenvalue weighted by Gasteiger charge is 2.08. The molecule has 0 atom stereocenters. The van der Waals surface area contributed by atoms with Gasteiger partial charge in [-0.25, -0.2) is 15.0 Å². The maximum Gasteiger partial charge on any atom is 0.232 e. The highest BCUT2D eigenvalue weighted by Crippen LogP contribution is 2.23. The fourth-order valence-electron chi connectivity index (χ4n) is 2.25. The van der Waals surface area contributed by atoms with Crippen LogP contribution in [0.5, 0.6) is 0 Å². The van der Waals surface area contributed by atoms with Crippen molar-refractivity contribution in [2.24, 2.45) is 7.05 Å².